The van der Waals surface area contributed by atoms with Crippen LogP contribution < -0.4 is 0 Å². The highest BCUT2D eigenvalue weighted by Crippen LogP contribution is 2.04. The standard InChI is InChI=1S/C10H15FO3Si/c1-12-15(13-2)14-7-6-9-4-3-5-10(11)8-9/h3-5,8,15H,6-7H2,1-2H3. The molecule has 0 heterocycles. The molecular weight excluding hydrogens is 215 g/mol. The molecule has 0 saturated carbocycles. The van der Waals surface area contributed by atoms with E-state index in [1.54, 1.807) is 20.3 Å². The highest BCUT2D eigenvalue weighted by molar-refractivity contribution is 6.36. The molecule has 5 heteroatoms. The summed E-state index contributed by atoms with van der Waals surface area (Å²) in [7, 11) is 1.18. The monoisotopic (exact) mass is 230 g/mol. The number of benzene rings is 1. The Balaban J connectivity index is 2.31. The fourth-order valence-corrected chi connectivity index (χ4v) is 1.97. The van der Waals surface area contributed by atoms with E-state index in [-0.39, 0.29) is 5.82 Å². The van der Waals surface area contributed by atoms with Gasteiger partial charge in [0.05, 0.1) is 0 Å². The molecule has 0 unspecified atom stereocenters. The van der Waals surface area contributed by atoms with E-state index in [1.807, 2.05) is 6.07 Å². The third-order valence-corrected chi connectivity index (χ3v) is 3.20. The van der Waals surface area contributed by atoms with Crippen molar-refractivity contribution in [3.63, 3.8) is 0 Å². The van der Waals surface area contributed by atoms with E-state index in [1.165, 1.54) is 12.1 Å². The van der Waals surface area contributed by atoms with Gasteiger partial charge in [-0.1, -0.05) is 12.1 Å². The summed E-state index contributed by atoms with van der Waals surface area (Å²) in [5.74, 6) is -0.222. The first-order chi connectivity index (χ1) is 7.26. The minimum absolute atomic E-state index is 0.222. The van der Waals surface area contributed by atoms with E-state index < -0.39 is 9.53 Å². The average Bonchev–Trinajstić information content (AvgIpc) is 2.25. The van der Waals surface area contributed by atoms with Crippen LogP contribution in [0.2, 0.25) is 0 Å². The zero-order valence-electron chi connectivity index (χ0n) is 8.90. The second-order valence-electron chi connectivity index (χ2n) is 3.01. The summed E-state index contributed by atoms with van der Waals surface area (Å²) in [6.45, 7) is 0.488. The van der Waals surface area contributed by atoms with E-state index in [2.05, 4.69) is 0 Å². The van der Waals surface area contributed by atoms with Crippen LogP contribution in [-0.4, -0.2) is 30.4 Å². The second-order valence-corrected chi connectivity index (χ2v) is 4.86. The quantitative estimate of drug-likeness (QED) is 0.691. The normalized spacial score (nSPS) is 10.9. The lowest BCUT2D eigenvalue weighted by molar-refractivity contribution is 0.137. The molecule has 0 amide bonds. The predicted molar refractivity (Wildman–Crippen MR) is 57.2 cm³/mol. The number of hydrogen-bond acceptors (Lipinski definition) is 3. The minimum atomic E-state index is -1.94. The molecule has 1 rings (SSSR count). The molecule has 0 bridgehead atoms. The summed E-state index contributed by atoms with van der Waals surface area (Å²) in [5, 5.41) is 0. The fourth-order valence-electron chi connectivity index (χ4n) is 1.20. The van der Waals surface area contributed by atoms with Crippen LogP contribution in [0.1, 0.15) is 5.56 Å². The van der Waals surface area contributed by atoms with E-state index in [0.29, 0.717) is 13.0 Å². The lowest BCUT2D eigenvalue weighted by Crippen LogP contribution is -2.24. The van der Waals surface area contributed by atoms with Gasteiger partial charge in [0.2, 0.25) is 0 Å². The fraction of sp³-hybridized carbons (Fsp3) is 0.400. The van der Waals surface area contributed by atoms with Crippen molar-refractivity contribution in [2.45, 2.75) is 6.42 Å². The molecule has 0 fully saturated rings. The Bertz CT molecular complexity index is 292. The van der Waals surface area contributed by atoms with Crippen molar-refractivity contribution < 1.29 is 17.7 Å². The van der Waals surface area contributed by atoms with Crippen molar-refractivity contribution in [3.05, 3.63) is 35.6 Å². The first kappa shape index (κ1) is 12.3. The van der Waals surface area contributed by atoms with Gasteiger partial charge in [0.15, 0.2) is 0 Å². The highest BCUT2D eigenvalue weighted by atomic mass is 28.3. The van der Waals surface area contributed by atoms with Crippen LogP contribution in [-0.2, 0) is 19.7 Å². The van der Waals surface area contributed by atoms with Gasteiger partial charge in [0.25, 0.3) is 0 Å². The summed E-state index contributed by atoms with van der Waals surface area (Å²) < 4.78 is 28.1. The van der Waals surface area contributed by atoms with Crippen molar-refractivity contribution >= 4 is 9.53 Å². The molecular formula is C10H15FO3Si. The lowest BCUT2D eigenvalue weighted by Gasteiger charge is -2.11. The van der Waals surface area contributed by atoms with E-state index in [0.717, 1.165) is 5.56 Å². The molecule has 84 valence electrons. The van der Waals surface area contributed by atoms with Crippen molar-refractivity contribution in [1.29, 1.82) is 0 Å². The molecule has 0 N–H and O–H groups in total. The predicted octanol–water partition coefficient (Wildman–Crippen LogP) is 1.39. The van der Waals surface area contributed by atoms with E-state index in [4.69, 9.17) is 13.3 Å². The molecule has 15 heavy (non-hydrogen) atoms. The third-order valence-electron chi connectivity index (χ3n) is 1.92. The van der Waals surface area contributed by atoms with Gasteiger partial charge >= 0.3 is 9.53 Å². The van der Waals surface area contributed by atoms with Gasteiger partial charge in [-0.15, -0.1) is 0 Å². The van der Waals surface area contributed by atoms with Crippen LogP contribution in [0.5, 0.6) is 0 Å². The van der Waals surface area contributed by atoms with Crippen LogP contribution in [0.4, 0.5) is 4.39 Å². The zero-order valence-corrected chi connectivity index (χ0v) is 10.1. The lowest BCUT2D eigenvalue weighted by atomic mass is 10.2. The number of rotatable bonds is 6. The molecule has 0 atom stereocenters. The van der Waals surface area contributed by atoms with Crippen LogP contribution >= 0.6 is 0 Å². The molecule has 0 aliphatic carbocycles. The van der Waals surface area contributed by atoms with E-state index in [9.17, 15) is 4.39 Å². The summed E-state index contributed by atoms with van der Waals surface area (Å²) in [6, 6.07) is 6.47. The van der Waals surface area contributed by atoms with Crippen molar-refractivity contribution in [2.75, 3.05) is 20.8 Å². The maximum atomic E-state index is 12.8. The summed E-state index contributed by atoms with van der Waals surface area (Å²) in [5.41, 5.74) is 0.912. The maximum Gasteiger partial charge on any atom is 0.483 e. The van der Waals surface area contributed by atoms with Crippen molar-refractivity contribution in [1.82, 2.24) is 0 Å². The van der Waals surface area contributed by atoms with Crippen LogP contribution in [0, 0.1) is 5.82 Å². The molecule has 0 aromatic heterocycles. The van der Waals surface area contributed by atoms with Gasteiger partial charge in [0.1, 0.15) is 5.82 Å². The molecule has 3 nitrogen and oxygen atoms in total. The number of halogens is 1. The molecule has 0 spiro atoms. The summed E-state index contributed by atoms with van der Waals surface area (Å²) in [6.07, 6.45) is 0.661. The smallest absolute Gasteiger partial charge is 0.379 e. The summed E-state index contributed by atoms with van der Waals surface area (Å²) in [4.78, 5) is 0. The average molecular weight is 230 g/mol. The maximum absolute atomic E-state index is 12.8. The van der Waals surface area contributed by atoms with Crippen molar-refractivity contribution in [2.24, 2.45) is 0 Å². The minimum Gasteiger partial charge on any atom is -0.379 e. The highest BCUT2D eigenvalue weighted by Gasteiger charge is 2.09. The molecule has 1 aromatic rings. The Labute approximate surface area is 90.7 Å². The second kappa shape index (κ2) is 6.68. The largest absolute Gasteiger partial charge is 0.483 e. The third kappa shape index (κ3) is 4.52. The molecule has 0 saturated heterocycles. The molecule has 0 aliphatic rings. The Morgan fingerprint density at radius 2 is 2.00 bits per heavy atom. The Morgan fingerprint density at radius 1 is 1.27 bits per heavy atom. The van der Waals surface area contributed by atoms with Gasteiger partial charge in [-0.3, -0.25) is 0 Å². The van der Waals surface area contributed by atoms with E-state index >= 15 is 0 Å². The van der Waals surface area contributed by atoms with Crippen molar-refractivity contribution in [3.8, 4) is 0 Å². The molecule has 0 aliphatic heterocycles. The Kier molecular flexibility index (Phi) is 5.48. The van der Waals surface area contributed by atoms with Gasteiger partial charge in [-0.05, 0) is 24.1 Å². The van der Waals surface area contributed by atoms with Gasteiger partial charge in [0, 0.05) is 20.8 Å². The molecule has 0 radical (unpaired) electrons. The topological polar surface area (TPSA) is 27.7 Å². The SMILES string of the molecule is CO[SiH](OC)OCCc1cccc(F)c1. The molecule has 1 aromatic carbocycles. The first-order valence-electron chi connectivity index (χ1n) is 4.68. The van der Waals surface area contributed by atoms with Crippen LogP contribution in [0.15, 0.2) is 24.3 Å². The first-order valence-corrected chi connectivity index (χ1v) is 6.09. The Hall–Kier alpha value is -0.753. The number of hydrogen-bond donors (Lipinski definition) is 0. The van der Waals surface area contributed by atoms with Crippen LogP contribution in [0.25, 0.3) is 0 Å². The van der Waals surface area contributed by atoms with Gasteiger partial charge in [-0.25, -0.2) is 4.39 Å². The van der Waals surface area contributed by atoms with Gasteiger partial charge in [-0.2, -0.15) is 0 Å². The summed E-state index contributed by atoms with van der Waals surface area (Å²) >= 11 is 0. The van der Waals surface area contributed by atoms with Crippen LogP contribution in [0.3, 0.4) is 0 Å². The van der Waals surface area contributed by atoms with Gasteiger partial charge < -0.3 is 13.3 Å². The Morgan fingerprint density at radius 3 is 2.60 bits per heavy atom. The zero-order chi connectivity index (χ0) is 11.1.